The van der Waals surface area contributed by atoms with E-state index in [4.69, 9.17) is 0 Å². The van der Waals surface area contributed by atoms with E-state index in [1.807, 2.05) is 0 Å². The lowest BCUT2D eigenvalue weighted by Gasteiger charge is -2.30. The molecular formula is C15H29NS. The normalized spacial score (nSPS) is 31.6. The van der Waals surface area contributed by atoms with Gasteiger partial charge in [0.15, 0.2) is 0 Å². The fourth-order valence-corrected chi connectivity index (χ4v) is 4.56. The van der Waals surface area contributed by atoms with Crippen LogP contribution in [0.3, 0.4) is 0 Å². The van der Waals surface area contributed by atoms with Crippen LogP contribution in [0.5, 0.6) is 0 Å². The zero-order chi connectivity index (χ0) is 11.9. The Kier molecular flexibility index (Phi) is 6.21. The second-order valence-electron chi connectivity index (χ2n) is 5.95. The summed E-state index contributed by atoms with van der Waals surface area (Å²) in [6.45, 7) is 3.65. The summed E-state index contributed by atoms with van der Waals surface area (Å²) in [6.07, 6.45) is 13.1. The van der Waals surface area contributed by atoms with Crippen LogP contribution in [0, 0.1) is 5.92 Å². The van der Waals surface area contributed by atoms with Crippen molar-refractivity contribution in [1.82, 2.24) is 5.32 Å². The monoisotopic (exact) mass is 255 g/mol. The van der Waals surface area contributed by atoms with Crippen molar-refractivity contribution in [3.8, 4) is 0 Å². The van der Waals surface area contributed by atoms with Crippen molar-refractivity contribution in [2.75, 3.05) is 12.3 Å². The van der Waals surface area contributed by atoms with E-state index in [1.165, 1.54) is 70.1 Å². The Morgan fingerprint density at radius 2 is 1.65 bits per heavy atom. The number of hydrogen-bond donors (Lipinski definition) is 1. The Morgan fingerprint density at radius 3 is 2.41 bits per heavy atom. The highest BCUT2D eigenvalue weighted by Crippen LogP contribution is 2.28. The summed E-state index contributed by atoms with van der Waals surface area (Å²) in [5.41, 5.74) is 0. The van der Waals surface area contributed by atoms with E-state index in [0.717, 1.165) is 17.2 Å². The summed E-state index contributed by atoms with van der Waals surface area (Å²) >= 11 is 2.22. The first-order valence-corrected chi connectivity index (χ1v) is 8.76. The smallest absolute Gasteiger partial charge is 0.00930 e. The van der Waals surface area contributed by atoms with Crippen LogP contribution in [0.25, 0.3) is 0 Å². The third kappa shape index (κ3) is 4.82. The maximum absolute atomic E-state index is 3.79. The van der Waals surface area contributed by atoms with Crippen LogP contribution in [0.15, 0.2) is 0 Å². The van der Waals surface area contributed by atoms with Gasteiger partial charge in [0.05, 0.1) is 0 Å². The highest BCUT2D eigenvalue weighted by molar-refractivity contribution is 7.99. The standard InChI is InChI=1S/C15H29NS/c1-13-7-5-6-10-15(13)16-11-12-17-14-8-3-2-4-9-14/h13-16H,2-12H2,1H3. The second kappa shape index (κ2) is 7.68. The molecule has 100 valence electrons. The summed E-state index contributed by atoms with van der Waals surface area (Å²) in [4.78, 5) is 0. The van der Waals surface area contributed by atoms with Crippen molar-refractivity contribution < 1.29 is 0 Å². The van der Waals surface area contributed by atoms with Gasteiger partial charge in [0, 0.05) is 23.6 Å². The number of rotatable bonds is 5. The molecule has 2 aliphatic rings. The minimum absolute atomic E-state index is 0.815. The molecule has 0 radical (unpaired) electrons. The van der Waals surface area contributed by atoms with Crippen molar-refractivity contribution in [1.29, 1.82) is 0 Å². The maximum atomic E-state index is 3.79. The zero-order valence-corrected chi connectivity index (χ0v) is 12.2. The Hall–Kier alpha value is 0.310. The van der Waals surface area contributed by atoms with Gasteiger partial charge in [0.1, 0.15) is 0 Å². The van der Waals surface area contributed by atoms with Gasteiger partial charge in [-0.2, -0.15) is 11.8 Å². The minimum Gasteiger partial charge on any atom is -0.313 e. The molecule has 0 heterocycles. The van der Waals surface area contributed by atoms with E-state index in [9.17, 15) is 0 Å². The Morgan fingerprint density at radius 1 is 0.941 bits per heavy atom. The van der Waals surface area contributed by atoms with Crippen LogP contribution < -0.4 is 5.32 Å². The summed E-state index contributed by atoms with van der Waals surface area (Å²) < 4.78 is 0. The molecule has 17 heavy (non-hydrogen) atoms. The van der Waals surface area contributed by atoms with Crippen molar-refractivity contribution in [2.45, 2.75) is 76.0 Å². The quantitative estimate of drug-likeness (QED) is 0.738. The molecule has 2 rings (SSSR count). The lowest BCUT2D eigenvalue weighted by molar-refractivity contribution is 0.285. The summed E-state index contributed by atoms with van der Waals surface area (Å²) in [6, 6.07) is 0.815. The lowest BCUT2D eigenvalue weighted by atomic mass is 9.86. The highest BCUT2D eigenvalue weighted by Gasteiger charge is 2.20. The van der Waals surface area contributed by atoms with Gasteiger partial charge in [-0.15, -0.1) is 0 Å². The first kappa shape index (κ1) is 13.7. The van der Waals surface area contributed by atoms with Crippen molar-refractivity contribution in [3.05, 3.63) is 0 Å². The van der Waals surface area contributed by atoms with Crippen LogP contribution in [0.2, 0.25) is 0 Å². The molecular weight excluding hydrogens is 226 g/mol. The molecule has 0 saturated heterocycles. The summed E-state index contributed by atoms with van der Waals surface area (Å²) in [5, 5.41) is 4.77. The molecule has 0 bridgehead atoms. The van der Waals surface area contributed by atoms with Crippen LogP contribution in [0.4, 0.5) is 0 Å². The summed E-state index contributed by atoms with van der Waals surface area (Å²) in [5.74, 6) is 2.23. The Labute approximate surface area is 112 Å². The van der Waals surface area contributed by atoms with Crippen LogP contribution in [0.1, 0.15) is 64.7 Å². The largest absolute Gasteiger partial charge is 0.313 e. The van der Waals surface area contributed by atoms with Gasteiger partial charge in [-0.1, -0.05) is 39.0 Å². The van der Waals surface area contributed by atoms with Gasteiger partial charge >= 0.3 is 0 Å². The first-order chi connectivity index (χ1) is 8.36. The van der Waals surface area contributed by atoms with E-state index in [0.29, 0.717) is 0 Å². The van der Waals surface area contributed by atoms with E-state index in [2.05, 4.69) is 24.0 Å². The maximum Gasteiger partial charge on any atom is 0.00930 e. The van der Waals surface area contributed by atoms with E-state index in [-0.39, 0.29) is 0 Å². The molecule has 0 amide bonds. The number of nitrogens with one attached hydrogen (secondary N) is 1. The topological polar surface area (TPSA) is 12.0 Å². The first-order valence-electron chi connectivity index (χ1n) is 7.71. The number of hydrogen-bond acceptors (Lipinski definition) is 2. The fourth-order valence-electron chi connectivity index (χ4n) is 3.32. The molecule has 2 atom stereocenters. The molecule has 0 aromatic rings. The second-order valence-corrected chi connectivity index (χ2v) is 7.36. The van der Waals surface area contributed by atoms with Crippen LogP contribution in [-0.4, -0.2) is 23.6 Å². The lowest BCUT2D eigenvalue weighted by Crippen LogP contribution is -2.38. The predicted octanol–water partition coefficient (Wildman–Crippen LogP) is 4.22. The molecule has 0 aromatic carbocycles. The molecule has 2 aliphatic carbocycles. The third-order valence-electron chi connectivity index (χ3n) is 4.53. The molecule has 2 heteroatoms. The molecule has 2 unspecified atom stereocenters. The number of thioether (sulfide) groups is 1. The van der Waals surface area contributed by atoms with Crippen LogP contribution in [-0.2, 0) is 0 Å². The predicted molar refractivity (Wildman–Crippen MR) is 78.8 cm³/mol. The van der Waals surface area contributed by atoms with Gasteiger partial charge in [-0.25, -0.2) is 0 Å². The molecule has 2 fully saturated rings. The van der Waals surface area contributed by atoms with Gasteiger partial charge in [0.2, 0.25) is 0 Å². The average Bonchev–Trinajstić information content (AvgIpc) is 2.38. The molecule has 0 aliphatic heterocycles. The van der Waals surface area contributed by atoms with Gasteiger partial charge in [-0.3, -0.25) is 0 Å². The molecule has 0 aromatic heterocycles. The van der Waals surface area contributed by atoms with E-state index >= 15 is 0 Å². The van der Waals surface area contributed by atoms with Crippen LogP contribution >= 0.6 is 11.8 Å². The molecule has 0 spiro atoms. The zero-order valence-electron chi connectivity index (χ0n) is 11.4. The SMILES string of the molecule is CC1CCCCC1NCCSC1CCCCC1. The average molecular weight is 255 g/mol. The van der Waals surface area contributed by atoms with Gasteiger partial charge in [0.25, 0.3) is 0 Å². The fraction of sp³-hybridized carbons (Fsp3) is 1.00. The molecule has 1 nitrogen and oxygen atoms in total. The Balaban J connectivity index is 1.53. The highest BCUT2D eigenvalue weighted by atomic mass is 32.2. The van der Waals surface area contributed by atoms with Gasteiger partial charge in [-0.05, 0) is 31.6 Å². The van der Waals surface area contributed by atoms with E-state index in [1.54, 1.807) is 0 Å². The van der Waals surface area contributed by atoms with Gasteiger partial charge < -0.3 is 5.32 Å². The third-order valence-corrected chi connectivity index (χ3v) is 5.91. The Bertz CT molecular complexity index is 201. The minimum atomic E-state index is 0.815. The van der Waals surface area contributed by atoms with Crippen molar-refractivity contribution in [3.63, 3.8) is 0 Å². The van der Waals surface area contributed by atoms with Crippen molar-refractivity contribution in [2.24, 2.45) is 5.92 Å². The summed E-state index contributed by atoms with van der Waals surface area (Å²) in [7, 11) is 0. The van der Waals surface area contributed by atoms with E-state index < -0.39 is 0 Å². The van der Waals surface area contributed by atoms with Crippen molar-refractivity contribution >= 4 is 11.8 Å². The molecule has 1 N–H and O–H groups in total. The molecule has 2 saturated carbocycles.